The Morgan fingerprint density at radius 2 is 2.00 bits per heavy atom. The van der Waals surface area contributed by atoms with Crippen LogP contribution in [-0.2, 0) is 6.42 Å². The van der Waals surface area contributed by atoms with Gasteiger partial charge in [-0.2, -0.15) is 0 Å². The second-order valence-corrected chi connectivity index (χ2v) is 4.93. The Labute approximate surface area is 127 Å². The van der Waals surface area contributed by atoms with Gasteiger partial charge >= 0.3 is 0 Å². The van der Waals surface area contributed by atoms with Crippen LogP contribution in [0.25, 0.3) is 11.4 Å². The summed E-state index contributed by atoms with van der Waals surface area (Å²) in [7, 11) is 3.04. The van der Waals surface area contributed by atoms with Crippen LogP contribution in [0.4, 0.5) is 0 Å². The molecule has 1 aromatic heterocycles. The number of benzene rings is 1. The average Bonchev–Trinajstić information content (AvgIpc) is 2.45. The van der Waals surface area contributed by atoms with Crippen molar-refractivity contribution in [2.24, 2.45) is 0 Å². The van der Waals surface area contributed by atoms with Crippen molar-refractivity contribution in [2.75, 3.05) is 14.2 Å². The van der Waals surface area contributed by atoms with E-state index in [-0.39, 0.29) is 5.56 Å². The normalized spacial score (nSPS) is 10.5. The highest BCUT2D eigenvalue weighted by atomic mass is 35.5. The second-order valence-electron chi connectivity index (χ2n) is 4.53. The first-order chi connectivity index (χ1) is 10.0. The third-order valence-electron chi connectivity index (χ3n) is 3.28. The van der Waals surface area contributed by atoms with Crippen molar-refractivity contribution in [2.45, 2.75) is 20.3 Å². The van der Waals surface area contributed by atoms with Gasteiger partial charge in [-0.05, 0) is 25.5 Å². The fourth-order valence-corrected chi connectivity index (χ4v) is 2.51. The lowest BCUT2D eigenvalue weighted by molar-refractivity contribution is 0.355. The lowest BCUT2D eigenvalue weighted by atomic mass is 10.1. The molecule has 0 saturated carbocycles. The topological polar surface area (TPSA) is 64.2 Å². The van der Waals surface area contributed by atoms with Crippen LogP contribution in [0.2, 0.25) is 5.02 Å². The maximum atomic E-state index is 12.0. The molecule has 112 valence electrons. The smallest absolute Gasteiger partial charge is 0.254 e. The highest BCUT2D eigenvalue weighted by Crippen LogP contribution is 2.38. The van der Waals surface area contributed by atoms with Crippen molar-refractivity contribution in [3.8, 4) is 22.9 Å². The largest absolute Gasteiger partial charge is 0.493 e. The van der Waals surface area contributed by atoms with Gasteiger partial charge in [-0.25, -0.2) is 4.98 Å². The van der Waals surface area contributed by atoms with Gasteiger partial charge in [-0.15, -0.1) is 0 Å². The third-order valence-corrected chi connectivity index (χ3v) is 3.56. The van der Waals surface area contributed by atoms with Gasteiger partial charge in [-0.1, -0.05) is 18.5 Å². The number of aryl methyl sites for hydroxylation is 1. The van der Waals surface area contributed by atoms with Gasteiger partial charge in [0.1, 0.15) is 5.82 Å². The van der Waals surface area contributed by atoms with Gasteiger partial charge in [0.25, 0.3) is 5.56 Å². The molecule has 0 aliphatic heterocycles. The number of methoxy groups -OCH3 is 2. The molecule has 0 aliphatic carbocycles. The minimum absolute atomic E-state index is 0.133. The fraction of sp³-hybridized carbons (Fsp3) is 0.333. The molecule has 5 nitrogen and oxygen atoms in total. The van der Waals surface area contributed by atoms with E-state index >= 15 is 0 Å². The van der Waals surface area contributed by atoms with Gasteiger partial charge in [0.15, 0.2) is 11.5 Å². The van der Waals surface area contributed by atoms with Gasteiger partial charge in [0.05, 0.1) is 19.2 Å². The van der Waals surface area contributed by atoms with E-state index in [1.54, 1.807) is 12.1 Å². The maximum Gasteiger partial charge on any atom is 0.254 e. The zero-order chi connectivity index (χ0) is 15.6. The van der Waals surface area contributed by atoms with Crippen LogP contribution in [0.3, 0.4) is 0 Å². The van der Waals surface area contributed by atoms with Crippen LogP contribution in [0.1, 0.15) is 18.2 Å². The van der Waals surface area contributed by atoms with Crippen molar-refractivity contribution < 1.29 is 9.47 Å². The Bertz CT molecular complexity index is 726. The molecular weight excluding hydrogens is 292 g/mol. The average molecular weight is 309 g/mol. The molecule has 2 aromatic rings. The number of nitrogens with zero attached hydrogens (tertiary/aromatic N) is 1. The summed E-state index contributed by atoms with van der Waals surface area (Å²) < 4.78 is 10.4. The van der Waals surface area contributed by atoms with E-state index < -0.39 is 0 Å². The molecule has 2 rings (SSSR count). The van der Waals surface area contributed by atoms with Crippen LogP contribution in [-0.4, -0.2) is 24.2 Å². The van der Waals surface area contributed by atoms with Gasteiger partial charge in [0.2, 0.25) is 0 Å². The Balaban J connectivity index is 2.62. The second kappa shape index (κ2) is 6.18. The highest BCUT2D eigenvalue weighted by Gasteiger charge is 2.14. The number of aromatic nitrogens is 2. The first kappa shape index (κ1) is 15.4. The first-order valence-electron chi connectivity index (χ1n) is 6.53. The summed E-state index contributed by atoms with van der Waals surface area (Å²) in [6.07, 6.45) is 0.640. The lowest BCUT2D eigenvalue weighted by Gasteiger charge is -2.12. The standard InChI is InChI=1S/C15H17ClN2O3/c1-5-10-8(2)17-14(18-15(10)19)9-6-11(16)13(21-4)12(7-9)20-3/h6-7H,5H2,1-4H3,(H,17,18,19). The minimum Gasteiger partial charge on any atom is -0.493 e. The summed E-state index contributed by atoms with van der Waals surface area (Å²) in [5.41, 5.74) is 1.93. The van der Waals surface area contributed by atoms with Crippen molar-refractivity contribution in [1.82, 2.24) is 9.97 Å². The van der Waals surface area contributed by atoms with Crippen molar-refractivity contribution in [3.05, 3.63) is 38.8 Å². The van der Waals surface area contributed by atoms with Crippen LogP contribution >= 0.6 is 11.6 Å². The summed E-state index contributed by atoms with van der Waals surface area (Å²) >= 11 is 6.18. The molecule has 21 heavy (non-hydrogen) atoms. The predicted octanol–water partition coefficient (Wildman–Crippen LogP) is 2.98. The SMILES string of the molecule is CCc1c(C)nc(-c2cc(Cl)c(OC)c(OC)c2)[nH]c1=O. The number of hydrogen-bond acceptors (Lipinski definition) is 4. The van der Waals surface area contributed by atoms with E-state index in [2.05, 4.69) is 9.97 Å². The molecule has 1 aromatic carbocycles. The molecule has 6 heteroatoms. The van der Waals surface area contributed by atoms with Crippen LogP contribution < -0.4 is 15.0 Å². The van der Waals surface area contributed by atoms with Crippen molar-refractivity contribution >= 4 is 11.6 Å². The molecule has 1 N–H and O–H groups in total. The Hall–Kier alpha value is -2.01. The molecular formula is C15H17ClN2O3. The summed E-state index contributed by atoms with van der Waals surface area (Å²) in [5.74, 6) is 1.39. The van der Waals surface area contributed by atoms with Crippen molar-refractivity contribution in [3.63, 3.8) is 0 Å². The molecule has 0 atom stereocenters. The van der Waals surface area contributed by atoms with E-state index in [0.717, 1.165) is 0 Å². The van der Waals surface area contributed by atoms with E-state index in [1.807, 2.05) is 13.8 Å². The molecule has 1 heterocycles. The van der Waals surface area contributed by atoms with Gasteiger partial charge < -0.3 is 14.5 Å². The summed E-state index contributed by atoms with van der Waals surface area (Å²) in [6, 6.07) is 3.42. The molecule has 0 bridgehead atoms. The quantitative estimate of drug-likeness (QED) is 0.943. The number of H-pyrrole nitrogens is 1. The molecule has 0 aliphatic rings. The minimum atomic E-state index is -0.133. The predicted molar refractivity (Wildman–Crippen MR) is 82.5 cm³/mol. The van der Waals surface area contributed by atoms with Crippen LogP contribution in [0.15, 0.2) is 16.9 Å². The monoisotopic (exact) mass is 308 g/mol. The number of nitrogens with one attached hydrogen (secondary N) is 1. The van der Waals surface area contributed by atoms with E-state index in [0.29, 0.717) is 45.6 Å². The fourth-order valence-electron chi connectivity index (χ4n) is 2.22. The number of rotatable bonds is 4. The Morgan fingerprint density at radius 3 is 2.52 bits per heavy atom. The summed E-state index contributed by atoms with van der Waals surface area (Å²) in [6.45, 7) is 3.74. The number of hydrogen-bond donors (Lipinski definition) is 1. The van der Waals surface area contributed by atoms with E-state index in [9.17, 15) is 4.79 Å². The van der Waals surface area contributed by atoms with Gasteiger partial charge in [-0.3, -0.25) is 4.79 Å². The molecule has 0 saturated heterocycles. The van der Waals surface area contributed by atoms with E-state index in [4.69, 9.17) is 21.1 Å². The Kier molecular flexibility index (Phi) is 4.53. The first-order valence-corrected chi connectivity index (χ1v) is 6.91. The molecule has 0 unspecified atom stereocenters. The van der Waals surface area contributed by atoms with Crippen LogP contribution in [0, 0.1) is 6.92 Å². The lowest BCUT2D eigenvalue weighted by Crippen LogP contribution is -2.16. The van der Waals surface area contributed by atoms with E-state index in [1.165, 1.54) is 14.2 Å². The summed E-state index contributed by atoms with van der Waals surface area (Å²) in [5, 5.41) is 0.395. The molecule has 0 radical (unpaired) electrons. The van der Waals surface area contributed by atoms with Crippen LogP contribution in [0.5, 0.6) is 11.5 Å². The molecule has 0 spiro atoms. The maximum absolute atomic E-state index is 12.0. The highest BCUT2D eigenvalue weighted by molar-refractivity contribution is 6.32. The number of ether oxygens (including phenoxy) is 2. The zero-order valence-corrected chi connectivity index (χ0v) is 13.2. The van der Waals surface area contributed by atoms with Gasteiger partial charge in [0, 0.05) is 16.8 Å². The number of halogens is 1. The zero-order valence-electron chi connectivity index (χ0n) is 12.4. The third kappa shape index (κ3) is 2.88. The number of aromatic amines is 1. The Morgan fingerprint density at radius 1 is 1.29 bits per heavy atom. The molecule has 0 fully saturated rings. The summed E-state index contributed by atoms with van der Waals surface area (Å²) in [4.78, 5) is 19.3. The van der Waals surface area contributed by atoms with Crippen molar-refractivity contribution in [1.29, 1.82) is 0 Å². The molecule has 0 amide bonds.